The first-order chi connectivity index (χ1) is 13.6. The Bertz CT molecular complexity index is 789. The van der Waals surface area contributed by atoms with Crippen LogP contribution in [0.5, 0.6) is 0 Å². The predicted octanol–water partition coefficient (Wildman–Crippen LogP) is 2.12. The highest BCUT2D eigenvalue weighted by Crippen LogP contribution is 2.55. The number of nitrogens with zero attached hydrogens (tertiary/aromatic N) is 1. The van der Waals surface area contributed by atoms with E-state index in [1.165, 1.54) is 11.0 Å². The molecule has 4 rings (SSSR count). The monoisotopic (exact) mass is 412 g/mol. The first kappa shape index (κ1) is 20.0. The highest BCUT2D eigenvalue weighted by Gasteiger charge is 2.60. The number of carboxylic acid groups (broad SMARTS) is 1. The van der Waals surface area contributed by atoms with Crippen LogP contribution in [0.2, 0.25) is 0 Å². The van der Waals surface area contributed by atoms with Gasteiger partial charge in [0.25, 0.3) is 0 Å². The van der Waals surface area contributed by atoms with Crippen molar-refractivity contribution < 1.29 is 32.7 Å². The van der Waals surface area contributed by atoms with Crippen molar-refractivity contribution in [3.63, 3.8) is 0 Å². The van der Waals surface area contributed by atoms with E-state index in [1.807, 2.05) is 17.5 Å². The number of amides is 2. The number of rotatable bonds is 5. The molecule has 2 N–H and O–H groups in total. The zero-order valence-corrected chi connectivity index (χ0v) is 15.7. The molecule has 6 atom stereocenters. The van der Waals surface area contributed by atoms with Gasteiger partial charge in [-0.2, -0.15) is 13.2 Å². The summed E-state index contributed by atoms with van der Waals surface area (Å²) in [6, 6.07) is -2.58. The third-order valence-electron chi connectivity index (χ3n) is 7.38. The van der Waals surface area contributed by atoms with E-state index in [0.717, 1.165) is 6.42 Å². The number of aliphatic carboxylic acids is 1. The van der Waals surface area contributed by atoms with Crippen LogP contribution < -0.4 is 5.32 Å². The third kappa shape index (κ3) is 2.97. The fourth-order valence-electron chi connectivity index (χ4n) is 5.79. The largest absolute Gasteiger partial charge is 0.480 e. The molecule has 0 unspecified atom stereocenters. The van der Waals surface area contributed by atoms with Gasteiger partial charge in [-0.15, -0.1) is 6.58 Å². The van der Waals surface area contributed by atoms with Crippen molar-refractivity contribution in [1.82, 2.24) is 10.2 Å². The maximum atomic E-state index is 13.4. The number of carboxylic acids is 1. The molecular weight excluding hydrogens is 389 g/mol. The summed E-state index contributed by atoms with van der Waals surface area (Å²) in [6.45, 7) is 3.85. The average molecular weight is 412 g/mol. The van der Waals surface area contributed by atoms with Gasteiger partial charge in [0.15, 0.2) is 0 Å². The summed E-state index contributed by atoms with van der Waals surface area (Å²) < 4.78 is 38.7. The van der Waals surface area contributed by atoms with Crippen LogP contribution in [0.1, 0.15) is 25.7 Å². The second-order valence-electron chi connectivity index (χ2n) is 8.66. The molecule has 2 saturated carbocycles. The van der Waals surface area contributed by atoms with Crippen LogP contribution in [0.15, 0.2) is 24.8 Å². The molecule has 0 aromatic rings. The fraction of sp³-hybridized carbons (Fsp3) is 0.650. The number of likely N-dealkylation sites (tertiary alicyclic amines) is 1. The van der Waals surface area contributed by atoms with E-state index < -0.39 is 41.5 Å². The quantitative estimate of drug-likeness (QED) is 0.678. The number of fused-ring (bicyclic) bond motifs is 5. The van der Waals surface area contributed by atoms with Crippen LogP contribution in [0.4, 0.5) is 13.2 Å². The van der Waals surface area contributed by atoms with E-state index in [1.54, 1.807) is 0 Å². The highest BCUT2D eigenvalue weighted by molar-refractivity contribution is 5.93. The molecule has 2 bridgehead atoms. The third-order valence-corrected chi connectivity index (χ3v) is 7.38. The van der Waals surface area contributed by atoms with Gasteiger partial charge in [-0.1, -0.05) is 24.6 Å². The molecule has 2 amide bonds. The van der Waals surface area contributed by atoms with Gasteiger partial charge < -0.3 is 15.3 Å². The molecule has 158 valence electrons. The SMILES string of the molecule is C=CC1([C@H](NC(=O)C(F)(F)F)C(=O)N2C[C@H]3[C@@H]([C@H]2C(=O)O)[C@H]2C=C[C@@H]3C2)CCC1. The van der Waals surface area contributed by atoms with Gasteiger partial charge >= 0.3 is 18.1 Å². The average Bonchev–Trinajstić information content (AvgIpc) is 3.29. The number of hydrogen-bond donors (Lipinski definition) is 2. The summed E-state index contributed by atoms with van der Waals surface area (Å²) in [5, 5.41) is 11.7. The van der Waals surface area contributed by atoms with Crippen molar-refractivity contribution in [3.8, 4) is 0 Å². The zero-order valence-electron chi connectivity index (χ0n) is 15.7. The van der Waals surface area contributed by atoms with E-state index in [-0.39, 0.29) is 30.2 Å². The molecule has 4 aliphatic rings. The van der Waals surface area contributed by atoms with Gasteiger partial charge in [0, 0.05) is 17.9 Å². The molecule has 3 aliphatic carbocycles. The Kier molecular flexibility index (Phi) is 4.55. The van der Waals surface area contributed by atoms with Crippen molar-refractivity contribution in [3.05, 3.63) is 24.8 Å². The van der Waals surface area contributed by atoms with Crippen molar-refractivity contribution >= 4 is 17.8 Å². The molecule has 3 fully saturated rings. The van der Waals surface area contributed by atoms with Crippen molar-refractivity contribution in [1.29, 1.82) is 0 Å². The second-order valence-corrected chi connectivity index (χ2v) is 8.66. The maximum absolute atomic E-state index is 13.4. The fourth-order valence-corrected chi connectivity index (χ4v) is 5.79. The lowest BCUT2D eigenvalue weighted by molar-refractivity contribution is -0.177. The molecule has 1 saturated heterocycles. The number of allylic oxidation sites excluding steroid dienone is 2. The summed E-state index contributed by atoms with van der Waals surface area (Å²) in [4.78, 5) is 38.3. The minimum Gasteiger partial charge on any atom is -0.480 e. The second kappa shape index (κ2) is 6.60. The standard InChI is InChI=1S/C20H23F3N2O4/c1-2-19(6-3-7-19)15(24-18(29)20(21,22)23)16(26)25-9-12-10-4-5-11(8-10)13(12)14(25)17(27)28/h2,4-5,10-15H,1,3,6-9H2,(H,24,29)(H,27,28)/t10-,11+,12-,13+,14+,15-/m1/s1. The molecule has 1 aliphatic heterocycles. The Morgan fingerprint density at radius 2 is 1.90 bits per heavy atom. The van der Waals surface area contributed by atoms with E-state index in [9.17, 15) is 32.7 Å². The van der Waals surface area contributed by atoms with Gasteiger partial charge in [0.2, 0.25) is 5.91 Å². The summed E-state index contributed by atoms with van der Waals surface area (Å²) in [7, 11) is 0. The van der Waals surface area contributed by atoms with E-state index in [0.29, 0.717) is 19.3 Å². The molecule has 6 nitrogen and oxygen atoms in total. The molecular formula is C20H23F3N2O4. The van der Waals surface area contributed by atoms with Crippen LogP contribution >= 0.6 is 0 Å². The number of alkyl halides is 3. The first-order valence-electron chi connectivity index (χ1n) is 9.82. The minimum absolute atomic E-state index is 0.0184. The summed E-state index contributed by atoms with van der Waals surface area (Å²) >= 11 is 0. The maximum Gasteiger partial charge on any atom is 0.471 e. The van der Waals surface area contributed by atoms with Gasteiger partial charge in [0.1, 0.15) is 12.1 Å². The molecule has 0 spiro atoms. The number of halogens is 3. The Morgan fingerprint density at radius 1 is 1.24 bits per heavy atom. The van der Waals surface area contributed by atoms with Crippen LogP contribution in [-0.2, 0) is 14.4 Å². The Balaban J connectivity index is 1.64. The molecule has 0 radical (unpaired) electrons. The van der Waals surface area contributed by atoms with Crippen LogP contribution in [-0.4, -0.2) is 52.6 Å². The Hall–Kier alpha value is -2.32. The molecule has 1 heterocycles. The van der Waals surface area contributed by atoms with Gasteiger partial charge in [-0.05, 0) is 37.0 Å². The molecule has 0 aromatic heterocycles. The zero-order chi connectivity index (χ0) is 21.1. The van der Waals surface area contributed by atoms with Crippen LogP contribution in [0.3, 0.4) is 0 Å². The molecule has 29 heavy (non-hydrogen) atoms. The lowest BCUT2D eigenvalue weighted by atomic mass is 9.63. The van der Waals surface area contributed by atoms with Crippen molar-refractivity contribution in [2.24, 2.45) is 29.1 Å². The van der Waals surface area contributed by atoms with Gasteiger partial charge in [-0.3, -0.25) is 9.59 Å². The van der Waals surface area contributed by atoms with Crippen molar-refractivity contribution in [2.75, 3.05) is 6.54 Å². The smallest absolute Gasteiger partial charge is 0.471 e. The molecule has 9 heteroatoms. The number of carbonyl (C=O) groups is 3. The number of hydrogen-bond acceptors (Lipinski definition) is 3. The van der Waals surface area contributed by atoms with E-state index in [2.05, 4.69) is 6.58 Å². The van der Waals surface area contributed by atoms with Crippen LogP contribution in [0, 0.1) is 29.1 Å². The van der Waals surface area contributed by atoms with Crippen LogP contribution in [0.25, 0.3) is 0 Å². The molecule has 0 aromatic carbocycles. The Morgan fingerprint density at radius 3 is 2.41 bits per heavy atom. The highest BCUT2D eigenvalue weighted by atomic mass is 19.4. The van der Waals surface area contributed by atoms with Gasteiger partial charge in [-0.25, -0.2) is 4.79 Å². The Labute approximate surface area is 165 Å². The van der Waals surface area contributed by atoms with E-state index in [4.69, 9.17) is 0 Å². The lowest BCUT2D eigenvalue weighted by Crippen LogP contribution is -2.62. The van der Waals surface area contributed by atoms with Gasteiger partial charge in [0.05, 0.1) is 0 Å². The lowest BCUT2D eigenvalue weighted by Gasteiger charge is -2.46. The summed E-state index contributed by atoms with van der Waals surface area (Å²) in [6.07, 6.45) is 2.68. The van der Waals surface area contributed by atoms with Crippen molar-refractivity contribution in [2.45, 2.75) is 43.9 Å². The summed E-state index contributed by atoms with van der Waals surface area (Å²) in [5.41, 5.74) is -0.990. The first-order valence-corrected chi connectivity index (χ1v) is 9.82. The minimum atomic E-state index is -5.14. The number of nitrogens with one attached hydrogen (secondary N) is 1. The number of carbonyl (C=O) groups excluding carboxylic acids is 2. The van der Waals surface area contributed by atoms with E-state index >= 15 is 0 Å². The normalized spacial score (nSPS) is 35.0. The predicted molar refractivity (Wildman–Crippen MR) is 95.3 cm³/mol. The summed E-state index contributed by atoms with van der Waals surface area (Å²) in [5.74, 6) is -4.13. The topological polar surface area (TPSA) is 86.7 Å².